The third kappa shape index (κ3) is 3.68. The number of hydrogen-bond donors (Lipinski definition) is 1. The van der Waals surface area contributed by atoms with E-state index in [-0.39, 0.29) is 12.4 Å². The van der Waals surface area contributed by atoms with Crippen LogP contribution in [0, 0.1) is 5.82 Å². The predicted molar refractivity (Wildman–Crippen MR) is 78.5 cm³/mol. The van der Waals surface area contributed by atoms with E-state index in [2.05, 4.69) is 20.0 Å². The molecule has 6 nitrogen and oxygen atoms in total. The normalized spacial score (nSPS) is 17.0. The summed E-state index contributed by atoms with van der Waals surface area (Å²) in [4.78, 5) is 4.46. The number of nitrogens with zero attached hydrogens (tertiary/aromatic N) is 4. The SMILES string of the molecule is OCCN1CCN(Cc2nnc(-c3cccc(F)c3)o2)CC1. The van der Waals surface area contributed by atoms with Crippen LogP contribution in [0.25, 0.3) is 11.5 Å². The van der Waals surface area contributed by atoms with Gasteiger partial charge in [0.15, 0.2) is 0 Å². The highest BCUT2D eigenvalue weighted by molar-refractivity contribution is 5.52. The smallest absolute Gasteiger partial charge is 0.247 e. The quantitative estimate of drug-likeness (QED) is 0.888. The van der Waals surface area contributed by atoms with E-state index in [1.807, 2.05) is 0 Å². The van der Waals surface area contributed by atoms with E-state index < -0.39 is 0 Å². The Morgan fingerprint density at radius 3 is 2.64 bits per heavy atom. The van der Waals surface area contributed by atoms with Crippen LogP contribution < -0.4 is 0 Å². The van der Waals surface area contributed by atoms with Crippen LogP contribution in [0.5, 0.6) is 0 Å². The van der Waals surface area contributed by atoms with Crippen molar-refractivity contribution < 1.29 is 13.9 Å². The molecule has 2 heterocycles. The van der Waals surface area contributed by atoms with E-state index in [9.17, 15) is 4.39 Å². The van der Waals surface area contributed by atoms with Gasteiger partial charge in [0, 0.05) is 38.3 Å². The molecule has 1 N–H and O–H groups in total. The highest BCUT2D eigenvalue weighted by Gasteiger charge is 2.19. The number of β-amino-alcohol motifs (C(OH)–C–C–N with tert-alkyl or cyclic N) is 1. The Bertz CT molecular complexity index is 611. The maximum absolute atomic E-state index is 13.2. The molecule has 0 amide bonds. The van der Waals surface area contributed by atoms with Crippen LogP contribution in [-0.4, -0.2) is 64.4 Å². The van der Waals surface area contributed by atoms with Crippen molar-refractivity contribution in [2.45, 2.75) is 6.54 Å². The van der Waals surface area contributed by atoms with Crippen LogP contribution >= 0.6 is 0 Å². The van der Waals surface area contributed by atoms with E-state index in [0.717, 1.165) is 32.7 Å². The van der Waals surface area contributed by atoms with E-state index in [1.165, 1.54) is 12.1 Å². The molecule has 0 spiro atoms. The van der Waals surface area contributed by atoms with Crippen molar-refractivity contribution in [1.29, 1.82) is 0 Å². The molecule has 1 saturated heterocycles. The Morgan fingerprint density at radius 1 is 1.14 bits per heavy atom. The van der Waals surface area contributed by atoms with Gasteiger partial charge in [-0.1, -0.05) is 6.07 Å². The molecule has 0 aliphatic carbocycles. The number of aromatic nitrogens is 2. The minimum atomic E-state index is -0.322. The largest absolute Gasteiger partial charge is 0.419 e. The molecule has 1 aliphatic heterocycles. The van der Waals surface area contributed by atoms with Gasteiger partial charge in [0.2, 0.25) is 11.8 Å². The van der Waals surface area contributed by atoms with E-state index in [1.54, 1.807) is 12.1 Å². The summed E-state index contributed by atoms with van der Waals surface area (Å²) in [5, 5.41) is 17.0. The van der Waals surface area contributed by atoms with Gasteiger partial charge in [-0.2, -0.15) is 0 Å². The number of aliphatic hydroxyl groups excluding tert-OH is 1. The van der Waals surface area contributed by atoms with Crippen molar-refractivity contribution in [3.05, 3.63) is 36.0 Å². The summed E-state index contributed by atoms with van der Waals surface area (Å²) in [7, 11) is 0. The lowest BCUT2D eigenvalue weighted by molar-refractivity contribution is 0.103. The van der Waals surface area contributed by atoms with Crippen LogP contribution in [0.4, 0.5) is 4.39 Å². The van der Waals surface area contributed by atoms with Crippen molar-refractivity contribution in [1.82, 2.24) is 20.0 Å². The Balaban J connectivity index is 1.58. The lowest BCUT2D eigenvalue weighted by atomic mass is 10.2. The summed E-state index contributed by atoms with van der Waals surface area (Å²) < 4.78 is 18.8. The summed E-state index contributed by atoms with van der Waals surface area (Å²) in [5.74, 6) is 0.556. The third-order valence-corrected chi connectivity index (χ3v) is 3.78. The molecule has 0 atom stereocenters. The zero-order valence-electron chi connectivity index (χ0n) is 12.3. The van der Waals surface area contributed by atoms with Crippen molar-refractivity contribution >= 4 is 0 Å². The van der Waals surface area contributed by atoms with Gasteiger partial charge in [-0.25, -0.2) is 4.39 Å². The molecule has 1 aromatic carbocycles. The Kier molecular flexibility index (Phi) is 4.77. The molecule has 22 heavy (non-hydrogen) atoms. The van der Waals surface area contributed by atoms with E-state index >= 15 is 0 Å². The highest BCUT2D eigenvalue weighted by Crippen LogP contribution is 2.19. The van der Waals surface area contributed by atoms with Crippen molar-refractivity contribution in [3.63, 3.8) is 0 Å². The zero-order valence-corrected chi connectivity index (χ0v) is 12.3. The molecule has 1 fully saturated rings. The van der Waals surface area contributed by atoms with Crippen LogP contribution in [0.15, 0.2) is 28.7 Å². The van der Waals surface area contributed by atoms with Gasteiger partial charge in [0.05, 0.1) is 13.2 Å². The van der Waals surface area contributed by atoms with Crippen LogP contribution in [0.1, 0.15) is 5.89 Å². The van der Waals surface area contributed by atoms with Crippen LogP contribution in [-0.2, 0) is 6.54 Å². The van der Waals surface area contributed by atoms with Gasteiger partial charge in [0.1, 0.15) is 5.82 Å². The molecule has 1 aromatic heterocycles. The minimum absolute atomic E-state index is 0.195. The lowest BCUT2D eigenvalue weighted by Gasteiger charge is -2.33. The molecular formula is C15H19FN4O2. The number of hydrogen-bond acceptors (Lipinski definition) is 6. The predicted octanol–water partition coefficient (Wildman–Crippen LogP) is 0.986. The molecule has 0 unspecified atom stereocenters. The first kappa shape index (κ1) is 15.1. The number of rotatable bonds is 5. The van der Waals surface area contributed by atoms with Crippen molar-refractivity contribution in [2.75, 3.05) is 39.3 Å². The minimum Gasteiger partial charge on any atom is -0.419 e. The topological polar surface area (TPSA) is 65.6 Å². The van der Waals surface area contributed by atoms with Crippen LogP contribution in [0.3, 0.4) is 0 Å². The first-order valence-corrected chi connectivity index (χ1v) is 7.38. The lowest BCUT2D eigenvalue weighted by Crippen LogP contribution is -2.46. The Morgan fingerprint density at radius 2 is 1.91 bits per heavy atom. The standard InChI is InChI=1S/C15H19FN4O2/c16-13-3-1-2-12(10-13)15-18-17-14(22-15)11-20-6-4-19(5-7-20)8-9-21/h1-3,10,21H,4-9,11H2. The van der Waals surface area contributed by atoms with E-state index in [0.29, 0.717) is 23.9 Å². The molecule has 3 rings (SSSR count). The Labute approximate surface area is 128 Å². The molecule has 0 saturated carbocycles. The maximum atomic E-state index is 13.2. The van der Waals surface area contributed by atoms with Gasteiger partial charge >= 0.3 is 0 Å². The number of piperazine rings is 1. The monoisotopic (exact) mass is 306 g/mol. The van der Waals surface area contributed by atoms with Gasteiger partial charge in [-0.15, -0.1) is 10.2 Å². The van der Waals surface area contributed by atoms with Crippen LogP contribution in [0.2, 0.25) is 0 Å². The fourth-order valence-corrected chi connectivity index (χ4v) is 2.56. The maximum Gasteiger partial charge on any atom is 0.247 e. The summed E-state index contributed by atoms with van der Waals surface area (Å²) in [6.07, 6.45) is 0. The molecule has 7 heteroatoms. The first-order valence-electron chi connectivity index (χ1n) is 7.38. The molecule has 0 bridgehead atoms. The fraction of sp³-hybridized carbons (Fsp3) is 0.467. The molecule has 2 aromatic rings. The van der Waals surface area contributed by atoms with Crippen molar-refractivity contribution in [3.8, 4) is 11.5 Å². The summed E-state index contributed by atoms with van der Waals surface area (Å²) in [6, 6.07) is 6.13. The second-order valence-corrected chi connectivity index (χ2v) is 5.35. The molecule has 0 radical (unpaired) electrons. The number of benzene rings is 1. The first-order chi connectivity index (χ1) is 10.7. The number of halogens is 1. The summed E-state index contributed by atoms with van der Waals surface area (Å²) in [5.41, 5.74) is 0.589. The van der Waals surface area contributed by atoms with Gasteiger partial charge in [-0.05, 0) is 18.2 Å². The summed E-state index contributed by atoms with van der Waals surface area (Å²) >= 11 is 0. The van der Waals surface area contributed by atoms with Gasteiger partial charge in [0.25, 0.3) is 0 Å². The summed E-state index contributed by atoms with van der Waals surface area (Å²) in [6.45, 7) is 5.15. The molecule has 1 aliphatic rings. The second kappa shape index (κ2) is 6.95. The molecule has 118 valence electrons. The van der Waals surface area contributed by atoms with Gasteiger partial charge in [-0.3, -0.25) is 9.80 Å². The fourth-order valence-electron chi connectivity index (χ4n) is 2.56. The highest BCUT2D eigenvalue weighted by atomic mass is 19.1. The number of aliphatic hydroxyl groups is 1. The average Bonchev–Trinajstić information content (AvgIpc) is 2.98. The zero-order chi connectivity index (χ0) is 15.4. The third-order valence-electron chi connectivity index (χ3n) is 3.78. The van der Waals surface area contributed by atoms with Gasteiger partial charge < -0.3 is 9.52 Å². The van der Waals surface area contributed by atoms with E-state index in [4.69, 9.17) is 9.52 Å². The Hall–Kier alpha value is -1.83. The second-order valence-electron chi connectivity index (χ2n) is 5.35. The molecular weight excluding hydrogens is 287 g/mol. The van der Waals surface area contributed by atoms with Crippen molar-refractivity contribution in [2.24, 2.45) is 0 Å². The average molecular weight is 306 g/mol.